The molecule has 0 unspecified atom stereocenters. The first kappa shape index (κ1) is 14.9. The zero-order chi connectivity index (χ0) is 14.7. The van der Waals surface area contributed by atoms with Gasteiger partial charge in [0.15, 0.2) is 0 Å². The van der Waals surface area contributed by atoms with Gasteiger partial charge < -0.3 is 9.88 Å². The highest BCUT2D eigenvalue weighted by Crippen LogP contribution is 2.24. The van der Waals surface area contributed by atoms with Crippen LogP contribution in [0.1, 0.15) is 38.4 Å². The van der Waals surface area contributed by atoms with Gasteiger partial charge in [-0.3, -0.25) is 0 Å². The molecule has 21 heavy (non-hydrogen) atoms. The first-order valence-electron chi connectivity index (χ1n) is 8.13. The number of aromatic nitrogens is 2. The number of imidazole rings is 1. The van der Waals surface area contributed by atoms with E-state index in [-0.39, 0.29) is 0 Å². The molecule has 1 saturated heterocycles. The van der Waals surface area contributed by atoms with Crippen molar-refractivity contribution in [3.05, 3.63) is 29.0 Å². The third kappa shape index (κ3) is 3.41. The number of nitrogens with one attached hydrogen (secondary N) is 1. The Kier molecular flexibility index (Phi) is 4.81. The van der Waals surface area contributed by atoms with Crippen LogP contribution in [0.25, 0.3) is 11.0 Å². The van der Waals surface area contributed by atoms with Crippen LogP contribution in [-0.2, 0) is 13.0 Å². The fourth-order valence-corrected chi connectivity index (χ4v) is 3.48. The van der Waals surface area contributed by atoms with Crippen LogP contribution in [0.4, 0.5) is 0 Å². The summed E-state index contributed by atoms with van der Waals surface area (Å²) >= 11 is 6.15. The Hall–Kier alpha value is -1.06. The quantitative estimate of drug-likeness (QED) is 0.904. The minimum Gasteiger partial charge on any atom is -0.328 e. The molecule has 1 aliphatic rings. The molecule has 0 aliphatic carbocycles. The van der Waals surface area contributed by atoms with Crippen molar-refractivity contribution in [2.75, 3.05) is 13.1 Å². The number of halogens is 1. The van der Waals surface area contributed by atoms with Crippen molar-refractivity contribution in [3.63, 3.8) is 0 Å². The van der Waals surface area contributed by atoms with Gasteiger partial charge in [0.1, 0.15) is 5.82 Å². The predicted octanol–water partition coefficient (Wildman–Crippen LogP) is 4.03. The molecule has 0 amide bonds. The minimum absolute atomic E-state index is 0.796. The summed E-state index contributed by atoms with van der Waals surface area (Å²) in [6.07, 6.45) is 6.07. The third-order valence-corrected chi connectivity index (χ3v) is 4.71. The van der Waals surface area contributed by atoms with Gasteiger partial charge in [0, 0.05) is 18.0 Å². The molecule has 3 nitrogen and oxygen atoms in total. The van der Waals surface area contributed by atoms with Crippen LogP contribution in [0.5, 0.6) is 0 Å². The van der Waals surface area contributed by atoms with Gasteiger partial charge in [0.05, 0.1) is 11.0 Å². The molecule has 0 spiro atoms. The number of fused-ring (bicyclic) bond motifs is 1. The van der Waals surface area contributed by atoms with E-state index in [1.807, 2.05) is 18.2 Å². The lowest BCUT2D eigenvalue weighted by Crippen LogP contribution is -2.28. The zero-order valence-electron chi connectivity index (χ0n) is 12.7. The molecule has 1 fully saturated rings. The summed E-state index contributed by atoms with van der Waals surface area (Å²) in [4.78, 5) is 4.85. The second-order valence-corrected chi connectivity index (χ2v) is 6.48. The van der Waals surface area contributed by atoms with Crippen LogP contribution < -0.4 is 5.32 Å². The topological polar surface area (TPSA) is 29.9 Å². The maximum atomic E-state index is 6.15. The van der Waals surface area contributed by atoms with E-state index >= 15 is 0 Å². The van der Waals surface area contributed by atoms with Crippen LogP contribution in [0.2, 0.25) is 5.02 Å². The second-order valence-electron chi connectivity index (χ2n) is 6.04. The highest BCUT2D eigenvalue weighted by atomic mass is 35.5. The Bertz CT molecular complexity index is 599. The molecular weight excluding hydrogens is 282 g/mol. The first-order chi connectivity index (χ1) is 10.3. The number of rotatable bonds is 5. The first-order valence-corrected chi connectivity index (χ1v) is 8.51. The normalized spacial score (nSPS) is 16.7. The van der Waals surface area contributed by atoms with Gasteiger partial charge in [-0.05, 0) is 62.9 Å². The molecule has 1 N–H and O–H groups in total. The van der Waals surface area contributed by atoms with E-state index in [1.54, 1.807) is 0 Å². The van der Waals surface area contributed by atoms with Gasteiger partial charge in [0.25, 0.3) is 0 Å². The average Bonchev–Trinajstić information content (AvgIpc) is 2.84. The number of piperidine rings is 1. The number of benzene rings is 1. The molecule has 4 heteroatoms. The Balaban J connectivity index is 1.81. The highest BCUT2D eigenvalue weighted by Gasteiger charge is 2.16. The molecular formula is C17H24ClN3. The monoisotopic (exact) mass is 305 g/mol. The Morgan fingerprint density at radius 2 is 2.14 bits per heavy atom. The van der Waals surface area contributed by atoms with E-state index in [0.717, 1.165) is 35.8 Å². The molecule has 0 radical (unpaired) electrons. The van der Waals surface area contributed by atoms with E-state index in [4.69, 9.17) is 16.6 Å². The van der Waals surface area contributed by atoms with Crippen LogP contribution >= 0.6 is 11.6 Å². The van der Waals surface area contributed by atoms with E-state index in [2.05, 4.69) is 16.8 Å². The van der Waals surface area contributed by atoms with Gasteiger partial charge in [-0.15, -0.1) is 0 Å². The number of nitrogens with zero attached hydrogens (tertiary/aromatic N) is 2. The molecule has 114 valence electrons. The summed E-state index contributed by atoms with van der Waals surface area (Å²) in [5.74, 6) is 2.08. The van der Waals surface area contributed by atoms with Gasteiger partial charge in [-0.25, -0.2) is 4.98 Å². The van der Waals surface area contributed by atoms with E-state index in [1.165, 1.54) is 43.7 Å². The van der Waals surface area contributed by atoms with Crippen molar-refractivity contribution >= 4 is 22.6 Å². The summed E-state index contributed by atoms with van der Waals surface area (Å²) in [6, 6.07) is 6.02. The Morgan fingerprint density at radius 1 is 1.33 bits per heavy atom. The van der Waals surface area contributed by atoms with Gasteiger partial charge >= 0.3 is 0 Å². The smallest absolute Gasteiger partial charge is 0.109 e. The van der Waals surface area contributed by atoms with Crippen molar-refractivity contribution < 1.29 is 0 Å². The predicted molar refractivity (Wildman–Crippen MR) is 88.9 cm³/mol. The SMILES string of the molecule is CCCn1c(CCC2CCNCC2)nc2ccc(Cl)cc21. The second kappa shape index (κ2) is 6.80. The molecule has 0 bridgehead atoms. The standard InChI is InChI=1S/C17H24ClN3/c1-2-11-21-16-12-14(18)4-5-15(16)20-17(21)6-3-13-7-9-19-10-8-13/h4-5,12-13,19H,2-3,6-11H2,1H3. The van der Waals surface area contributed by atoms with Crippen LogP contribution in [0, 0.1) is 5.92 Å². The van der Waals surface area contributed by atoms with E-state index in [9.17, 15) is 0 Å². The molecule has 1 aromatic carbocycles. The third-order valence-electron chi connectivity index (χ3n) is 4.47. The largest absolute Gasteiger partial charge is 0.328 e. The number of aryl methyl sites for hydroxylation is 2. The minimum atomic E-state index is 0.796. The van der Waals surface area contributed by atoms with Gasteiger partial charge in [0.2, 0.25) is 0 Å². The lowest BCUT2D eigenvalue weighted by atomic mass is 9.93. The van der Waals surface area contributed by atoms with Crippen LogP contribution in [0.3, 0.4) is 0 Å². The molecule has 0 atom stereocenters. The summed E-state index contributed by atoms with van der Waals surface area (Å²) in [5, 5.41) is 4.23. The Labute approximate surface area is 131 Å². The molecule has 2 heterocycles. The van der Waals surface area contributed by atoms with Gasteiger partial charge in [-0.1, -0.05) is 18.5 Å². The van der Waals surface area contributed by atoms with Gasteiger partial charge in [-0.2, -0.15) is 0 Å². The Morgan fingerprint density at radius 3 is 2.90 bits per heavy atom. The molecule has 1 aliphatic heterocycles. The molecule has 2 aromatic rings. The van der Waals surface area contributed by atoms with Crippen LogP contribution in [0.15, 0.2) is 18.2 Å². The van der Waals surface area contributed by atoms with Crippen LogP contribution in [-0.4, -0.2) is 22.6 Å². The van der Waals surface area contributed by atoms with Crippen molar-refractivity contribution in [1.82, 2.24) is 14.9 Å². The van der Waals surface area contributed by atoms with Crippen molar-refractivity contribution in [3.8, 4) is 0 Å². The average molecular weight is 306 g/mol. The lowest BCUT2D eigenvalue weighted by molar-refractivity contribution is 0.351. The summed E-state index contributed by atoms with van der Waals surface area (Å²) in [6.45, 7) is 5.59. The maximum Gasteiger partial charge on any atom is 0.109 e. The van der Waals surface area contributed by atoms with E-state index < -0.39 is 0 Å². The maximum absolute atomic E-state index is 6.15. The summed E-state index contributed by atoms with van der Waals surface area (Å²) < 4.78 is 2.36. The highest BCUT2D eigenvalue weighted by molar-refractivity contribution is 6.31. The number of hydrogen-bond acceptors (Lipinski definition) is 2. The molecule has 1 aromatic heterocycles. The van der Waals surface area contributed by atoms with Crippen molar-refractivity contribution in [2.45, 2.75) is 45.6 Å². The fraction of sp³-hybridized carbons (Fsp3) is 0.588. The summed E-state index contributed by atoms with van der Waals surface area (Å²) in [5.41, 5.74) is 2.26. The number of hydrogen-bond donors (Lipinski definition) is 1. The fourth-order valence-electron chi connectivity index (χ4n) is 3.31. The lowest BCUT2D eigenvalue weighted by Gasteiger charge is -2.22. The van der Waals surface area contributed by atoms with Crippen molar-refractivity contribution in [2.24, 2.45) is 5.92 Å². The molecule has 3 rings (SSSR count). The zero-order valence-corrected chi connectivity index (χ0v) is 13.5. The summed E-state index contributed by atoms with van der Waals surface area (Å²) in [7, 11) is 0. The molecule has 0 saturated carbocycles. The van der Waals surface area contributed by atoms with E-state index in [0.29, 0.717) is 0 Å². The van der Waals surface area contributed by atoms with Crippen molar-refractivity contribution in [1.29, 1.82) is 0 Å².